The second kappa shape index (κ2) is 15.9. The molecule has 1 nitrogen and oxygen atoms in total. The summed E-state index contributed by atoms with van der Waals surface area (Å²) in [6.45, 7) is 3.91. The molecule has 0 aromatic carbocycles. The summed E-state index contributed by atoms with van der Waals surface area (Å²) in [7, 11) is 0. The van der Waals surface area contributed by atoms with Crippen molar-refractivity contribution < 1.29 is 4.79 Å². The first-order valence-electron chi connectivity index (χ1n) is 8.25. The number of allylic oxidation sites excluding steroid dienone is 6. The molecule has 0 unspecified atom stereocenters. The number of carbonyl (C=O) groups excluding carboxylic acids is 1. The maximum atomic E-state index is 10.8. The first-order valence-corrected chi connectivity index (χ1v) is 8.25. The van der Waals surface area contributed by atoms with Crippen LogP contribution in [0.4, 0.5) is 0 Å². The van der Waals surface area contributed by atoms with Gasteiger partial charge in [0.05, 0.1) is 0 Å². The van der Waals surface area contributed by atoms with Crippen molar-refractivity contribution in [2.45, 2.75) is 78.1 Å². The van der Waals surface area contributed by atoms with E-state index >= 15 is 0 Å². The molecule has 0 aromatic heterocycles. The van der Waals surface area contributed by atoms with Crippen molar-refractivity contribution in [3.8, 4) is 0 Å². The zero-order chi connectivity index (χ0) is 14.9. The van der Waals surface area contributed by atoms with E-state index in [0.717, 1.165) is 19.3 Å². The normalized spacial score (nSPS) is 12.1. The molecule has 20 heavy (non-hydrogen) atoms. The van der Waals surface area contributed by atoms with E-state index in [1.54, 1.807) is 6.92 Å². The average Bonchev–Trinajstić information content (AvgIpc) is 2.43. The van der Waals surface area contributed by atoms with Crippen LogP contribution < -0.4 is 0 Å². The van der Waals surface area contributed by atoms with E-state index in [1.807, 2.05) is 0 Å². The molecule has 0 bridgehead atoms. The van der Waals surface area contributed by atoms with E-state index < -0.39 is 0 Å². The van der Waals surface area contributed by atoms with Crippen LogP contribution in [-0.2, 0) is 4.79 Å². The van der Waals surface area contributed by atoms with E-state index in [-0.39, 0.29) is 0 Å². The Morgan fingerprint density at radius 2 is 1.30 bits per heavy atom. The summed E-state index contributed by atoms with van der Waals surface area (Å²) in [6.07, 6.45) is 24.7. The van der Waals surface area contributed by atoms with Gasteiger partial charge >= 0.3 is 0 Å². The monoisotopic (exact) mass is 276 g/mol. The predicted molar refractivity (Wildman–Crippen MR) is 89.9 cm³/mol. The standard InChI is InChI=1S/C19H32O/c1-3-4-5-6-7-8-9-10-11-12-13-14-15-16-17-18-19(2)20/h7-12H,3-6,13-18H2,1-2H3/b8-7+,10-9-,12-11+. The minimum Gasteiger partial charge on any atom is -0.300 e. The summed E-state index contributed by atoms with van der Waals surface area (Å²) in [5.74, 6) is 0.317. The number of ketones is 1. The Hall–Kier alpha value is -1.11. The fourth-order valence-electron chi connectivity index (χ4n) is 1.98. The lowest BCUT2D eigenvalue weighted by molar-refractivity contribution is -0.117. The Kier molecular flexibility index (Phi) is 15.1. The number of hydrogen-bond acceptors (Lipinski definition) is 1. The van der Waals surface area contributed by atoms with Gasteiger partial charge in [0.1, 0.15) is 5.78 Å². The summed E-state index contributed by atoms with van der Waals surface area (Å²) < 4.78 is 0. The van der Waals surface area contributed by atoms with Gasteiger partial charge in [-0.25, -0.2) is 0 Å². The molecule has 0 rings (SSSR count). The molecule has 0 atom stereocenters. The maximum absolute atomic E-state index is 10.8. The Morgan fingerprint density at radius 3 is 1.85 bits per heavy atom. The van der Waals surface area contributed by atoms with Gasteiger partial charge in [0, 0.05) is 6.42 Å². The van der Waals surface area contributed by atoms with E-state index in [0.29, 0.717) is 5.78 Å². The van der Waals surface area contributed by atoms with Crippen LogP contribution in [0.1, 0.15) is 78.1 Å². The van der Waals surface area contributed by atoms with Crippen molar-refractivity contribution in [3.05, 3.63) is 36.5 Å². The van der Waals surface area contributed by atoms with Crippen molar-refractivity contribution in [3.63, 3.8) is 0 Å². The quantitative estimate of drug-likeness (QED) is 0.290. The molecule has 0 saturated heterocycles. The van der Waals surface area contributed by atoms with Crippen molar-refractivity contribution in [1.29, 1.82) is 0 Å². The van der Waals surface area contributed by atoms with E-state index in [4.69, 9.17) is 0 Å². The highest BCUT2D eigenvalue weighted by atomic mass is 16.1. The van der Waals surface area contributed by atoms with Crippen LogP contribution in [0.25, 0.3) is 0 Å². The van der Waals surface area contributed by atoms with Crippen LogP contribution in [0.3, 0.4) is 0 Å². The first-order chi connectivity index (χ1) is 9.77. The third-order valence-corrected chi connectivity index (χ3v) is 3.23. The van der Waals surface area contributed by atoms with Crippen molar-refractivity contribution in [2.24, 2.45) is 0 Å². The molecule has 0 aliphatic carbocycles. The van der Waals surface area contributed by atoms with Gasteiger partial charge in [-0.1, -0.05) is 69.1 Å². The van der Waals surface area contributed by atoms with Crippen LogP contribution >= 0.6 is 0 Å². The predicted octanol–water partition coefficient (Wildman–Crippen LogP) is 6.16. The summed E-state index contributed by atoms with van der Waals surface area (Å²) >= 11 is 0. The Bertz CT molecular complexity index is 297. The van der Waals surface area contributed by atoms with Gasteiger partial charge in [-0.05, 0) is 39.0 Å². The van der Waals surface area contributed by atoms with Crippen molar-refractivity contribution in [1.82, 2.24) is 0 Å². The molecule has 0 N–H and O–H groups in total. The molecule has 0 heterocycles. The summed E-state index contributed by atoms with van der Waals surface area (Å²) in [4.78, 5) is 10.8. The zero-order valence-corrected chi connectivity index (χ0v) is 13.4. The molecule has 1 heteroatoms. The first kappa shape index (κ1) is 18.9. The molecule has 0 aromatic rings. The number of unbranched alkanes of at least 4 members (excludes halogenated alkanes) is 7. The second-order valence-electron chi connectivity index (χ2n) is 5.39. The zero-order valence-electron chi connectivity index (χ0n) is 13.4. The molecule has 0 saturated carbocycles. The summed E-state index contributed by atoms with van der Waals surface area (Å²) in [5.41, 5.74) is 0. The average molecular weight is 276 g/mol. The molecule has 0 amide bonds. The van der Waals surface area contributed by atoms with Crippen LogP contribution in [-0.4, -0.2) is 5.78 Å². The van der Waals surface area contributed by atoms with E-state index in [9.17, 15) is 4.79 Å². The third-order valence-electron chi connectivity index (χ3n) is 3.23. The fraction of sp³-hybridized carbons (Fsp3) is 0.632. The van der Waals surface area contributed by atoms with Crippen LogP contribution in [0, 0.1) is 0 Å². The minimum atomic E-state index is 0.317. The third kappa shape index (κ3) is 16.9. The maximum Gasteiger partial charge on any atom is 0.129 e. The number of rotatable bonds is 13. The molecular weight excluding hydrogens is 244 g/mol. The van der Waals surface area contributed by atoms with Gasteiger partial charge in [-0.3, -0.25) is 0 Å². The highest BCUT2D eigenvalue weighted by Crippen LogP contribution is 2.06. The fourth-order valence-corrected chi connectivity index (χ4v) is 1.98. The number of carbonyl (C=O) groups is 1. The van der Waals surface area contributed by atoms with Gasteiger partial charge in [-0.2, -0.15) is 0 Å². The van der Waals surface area contributed by atoms with Gasteiger partial charge in [0.15, 0.2) is 0 Å². The highest BCUT2D eigenvalue weighted by Gasteiger charge is 1.92. The topological polar surface area (TPSA) is 17.1 Å². The molecule has 0 spiro atoms. The van der Waals surface area contributed by atoms with Crippen molar-refractivity contribution >= 4 is 5.78 Å². The largest absolute Gasteiger partial charge is 0.300 e. The Balaban J connectivity index is 3.32. The summed E-state index contributed by atoms with van der Waals surface area (Å²) in [6, 6.07) is 0. The molecular formula is C19H32O. The van der Waals surface area contributed by atoms with Crippen molar-refractivity contribution in [2.75, 3.05) is 0 Å². The number of Topliss-reactive ketones (excluding diaryl/α,β-unsaturated/α-hetero) is 1. The van der Waals surface area contributed by atoms with Gasteiger partial charge < -0.3 is 4.79 Å². The van der Waals surface area contributed by atoms with Crippen LogP contribution in [0.5, 0.6) is 0 Å². The lowest BCUT2D eigenvalue weighted by Crippen LogP contribution is -1.88. The second-order valence-corrected chi connectivity index (χ2v) is 5.39. The lowest BCUT2D eigenvalue weighted by atomic mass is 10.1. The lowest BCUT2D eigenvalue weighted by Gasteiger charge is -1.96. The molecule has 0 aliphatic rings. The molecule has 0 radical (unpaired) electrons. The minimum absolute atomic E-state index is 0.317. The van der Waals surface area contributed by atoms with Crippen LogP contribution in [0.15, 0.2) is 36.5 Å². The Labute approximate surface area is 125 Å². The van der Waals surface area contributed by atoms with Gasteiger partial charge in [-0.15, -0.1) is 0 Å². The van der Waals surface area contributed by atoms with Crippen LogP contribution in [0.2, 0.25) is 0 Å². The number of hydrogen-bond donors (Lipinski definition) is 0. The highest BCUT2D eigenvalue weighted by molar-refractivity contribution is 5.75. The summed E-state index contributed by atoms with van der Waals surface area (Å²) in [5, 5.41) is 0. The SMILES string of the molecule is CCCCC/C=C/C=C\C=C\CCCCCCC(C)=O. The van der Waals surface area contributed by atoms with Gasteiger partial charge in [0.2, 0.25) is 0 Å². The smallest absolute Gasteiger partial charge is 0.129 e. The molecule has 0 aliphatic heterocycles. The molecule has 0 fully saturated rings. The van der Waals surface area contributed by atoms with E-state index in [1.165, 1.54) is 44.9 Å². The molecule has 114 valence electrons. The van der Waals surface area contributed by atoms with E-state index in [2.05, 4.69) is 43.4 Å². The Morgan fingerprint density at radius 1 is 0.750 bits per heavy atom. The van der Waals surface area contributed by atoms with Gasteiger partial charge in [0.25, 0.3) is 0 Å².